The summed E-state index contributed by atoms with van der Waals surface area (Å²) in [5.74, 6) is 3.69. The van der Waals surface area contributed by atoms with Crippen LogP contribution in [0.1, 0.15) is 175 Å². The lowest BCUT2D eigenvalue weighted by Crippen LogP contribution is -2.46. The van der Waals surface area contributed by atoms with Crippen molar-refractivity contribution in [2.75, 3.05) is 6.54 Å². The average molecular weight is 582 g/mol. The first kappa shape index (κ1) is 32.4. The fourth-order valence-corrected chi connectivity index (χ4v) is 11.1. The third kappa shape index (κ3) is 6.80. The maximum Gasteiger partial charge on any atom is 0.407 e. The van der Waals surface area contributed by atoms with Crippen LogP contribution in [-0.2, 0) is 4.74 Å². The molecule has 3 heteroatoms. The highest BCUT2D eigenvalue weighted by Gasteiger charge is 2.76. The van der Waals surface area contributed by atoms with Crippen molar-refractivity contribution in [3.63, 3.8) is 0 Å². The Balaban J connectivity index is 1.02. The van der Waals surface area contributed by atoms with Crippen LogP contribution < -0.4 is 5.32 Å². The lowest BCUT2D eigenvalue weighted by Gasteiger charge is -2.53. The van der Waals surface area contributed by atoms with Gasteiger partial charge in [0, 0.05) is 13.0 Å². The lowest BCUT2D eigenvalue weighted by atomic mass is 9.51. The first-order valence-corrected chi connectivity index (χ1v) is 19.0. The molecule has 5 aliphatic rings. The molecule has 0 aromatic rings. The first-order chi connectivity index (χ1) is 20.3. The van der Waals surface area contributed by atoms with Gasteiger partial charge in [-0.3, -0.25) is 0 Å². The maximum atomic E-state index is 12.6. The summed E-state index contributed by atoms with van der Waals surface area (Å²) in [6, 6.07) is 0. The van der Waals surface area contributed by atoms with Crippen molar-refractivity contribution in [2.45, 2.75) is 181 Å². The minimum Gasteiger partial charge on any atom is -0.446 e. The molecule has 0 heterocycles. The number of alkyl carbamates (subject to hydrolysis) is 1. The summed E-state index contributed by atoms with van der Waals surface area (Å²) < 4.78 is 6.00. The molecule has 5 rings (SSSR count). The van der Waals surface area contributed by atoms with E-state index in [-0.39, 0.29) is 12.2 Å². The first-order valence-electron chi connectivity index (χ1n) is 19.0. The summed E-state index contributed by atoms with van der Waals surface area (Å²) >= 11 is 0. The number of hydrogen-bond donors (Lipinski definition) is 1. The molecule has 7 unspecified atom stereocenters. The Morgan fingerprint density at radius 2 is 1.64 bits per heavy atom. The zero-order valence-corrected chi connectivity index (χ0v) is 28.3. The number of nitrogens with one attached hydrogen (secondary N) is 1. The topological polar surface area (TPSA) is 38.3 Å². The van der Waals surface area contributed by atoms with Gasteiger partial charge in [-0.15, -0.1) is 0 Å². The Hall–Kier alpha value is -0.990. The highest BCUT2D eigenvalue weighted by molar-refractivity contribution is 5.67. The Morgan fingerprint density at radius 3 is 2.38 bits per heavy atom. The van der Waals surface area contributed by atoms with Crippen LogP contribution in [0, 0.1) is 39.9 Å². The Labute approximate surface area is 260 Å². The highest BCUT2D eigenvalue weighted by atomic mass is 16.6. The van der Waals surface area contributed by atoms with Crippen molar-refractivity contribution < 1.29 is 9.53 Å². The van der Waals surface area contributed by atoms with Crippen molar-refractivity contribution in [1.82, 2.24) is 5.32 Å². The summed E-state index contributed by atoms with van der Waals surface area (Å²) in [4.78, 5) is 12.6. The van der Waals surface area contributed by atoms with Crippen molar-refractivity contribution in [2.24, 2.45) is 39.9 Å². The number of ether oxygens (including phenoxy) is 1. The lowest BCUT2D eigenvalue weighted by molar-refractivity contribution is -0.0271. The standard InChI is InChI=1S/C39H67NO2/c1-5-6-7-8-9-10-11-12-13-16-27-40-36(41)42-33-23-24-38-29-39(38)26-25-37(4)31(18-15-14-17-30(2)3)19-21-34(37)35(39)22-20-32(38)28-33/h20,30-31,33-35H,5-19,21-29H2,1-4H3,(H,40,41). The molecule has 5 aliphatic carbocycles. The van der Waals surface area contributed by atoms with E-state index in [2.05, 4.69) is 39.1 Å². The Bertz CT molecular complexity index is 910. The number of fused-ring (bicyclic) bond motifs is 2. The average Bonchev–Trinajstić information content (AvgIpc) is 3.52. The van der Waals surface area contributed by atoms with E-state index in [0.29, 0.717) is 16.2 Å². The van der Waals surface area contributed by atoms with Gasteiger partial charge in [0.15, 0.2) is 0 Å². The van der Waals surface area contributed by atoms with Gasteiger partial charge >= 0.3 is 6.09 Å². The molecule has 0 saturated heterocycles. The van der Waals surface area contributed by atoms with Gasteiger partial charge < -0.3 is 10.1 Å². The molecule has 3 nitrogen and oxygen atoms in total. The number of carbonyl (C=O) groups is 1. The van der Waals surface area contributed by atoms with Crippen LogP contribution in [0.2, 0.25) is 0 Å². The Morgan fingerprint density at radius 1 is 0.905 bits per heavy atom. The van der Waals surface area contributed by atoms with Crippen LogP contribution in [0.4, 0.5) is 4.79 Å². The number of unbranched alkanes of at least 4 members (excludes halogenated alkanes) is 10. The summed E-state index contributed by atoms with van der Waals surface area (Å²) in [5.41, 5.74) is 3.34. The summed E-state index contributed by atoms with van der Waals surface area (Å²) in [7, 11) is 0. The van der Waals surface area contributed by atoms with Crippen LogP contribution >= 0.6 is 0 Å². The van der Waals surface area contributed by atoms with Crippen LogP contribution in [0.3, 0.4) is 0 Å². The highest BCUT2D eigenvalue weighted by Crippen LogP contribution is 2.84. The van der Waals surface area contributed by atoms with Crippen molar-refractivity contribution in [3.05, 3.63) is 11.6 Å². The van der Waals surface area contributed by atoms with Gasteiger partial charge in [0.25, 0.3) is 0 Å². The van der Waals surface area contributed by atoms with Crippen LogP contribution in [0.25, 0.3) is 0 Å². The van der Waals surface area contributed by atoms with E-state index < -0.39 is 0 Å². The molecule has 4 saturated carbocycles. The third-order valence-electron chi connectivity index (χ3n) is 13.6. The fourth-order valence-electron chi connectivity index (χ4n) is 11.1. The van der Waals surface area contributed by atoms with Crippen molar-refractivity contribution in [1.29, 1.82) is 0 Å². The monoisotopic (exact) mass is 582 g/mol. The predicted molar refractivity (Wildman–Crippen MR) is 177 cm³/mol. The molecular formula is C39H67NO2. The molecule has 1 amide bonds. The SMILES string of the molecule is CCCCCCCCCCCCNC(=O)OC1CCC23CC24CCC2(C)C(CCCCC(C)C)CCC2C4CC=C3C1. The number of allylic oxidation sites excluding steroid dienone is 1. The van der Waals surface area contributed by atoms with E-state index in [0.717, 1.165) is 49.5 Å². The smallest absolute Gasteiger partial charge is 0.407 e. The quantitative estimate of drug-likeness (QED) is 0.137. The van der Waals surface area contributed by atoms with Crippen LogP contribution in [-0.4, -0.2) is 18.7 Å². The molecule has 2 spiro atoms. The second-order valence-corrected chi connectivity index (χ2v) is 16.4. The molecule has 240 valence electrons. The minimum absolute atomic E-state index is 0.0827. The Kier molecular flexibility index (Phi) is 11.1. The van der Waals surface area contributed by atoms with E-state index in [1.165, 1.54) is 128 Å². The molecule has 7 atom stereocenters. The van der Waals surface area contributed by atoms with Gasteiger partial charge in [0.1, 0.15) is 6.10 Å². The van der Waals surface area contributed by atoms with E-state index in [1.807, 2.05) is 0 Å². The van der Waals surface area contributed by atoms with Gasteiger partial charge in [-0.1, -0.05) is 116 Å². The molecule has 0 bridgehead atoms. The normalized spacial score (nSPS) is 36.5. The molecule has 1 N–H and O–H groups in total. The fraction of sp³-hybridized carbons (Fsp3) is 0.923. The summed E-state index contributed by atoms with van der Waals surface area (Å²) in [6.07, 6.45) is 33.5. The second-order valence-electron chi connectivity index (χ2n) is 16.4. The molecule has 0 radical (unpaired) electrons. The summed E-state index contributed by atoms with van der Waals surface area (Å²) in [5, 5.41) is 3.07. The predicted octanol–water partition coefficient (Wildman–Crippen LogP) is 11.6. The zero-order chi connectivity index (χ0) is 29.6. The molecule has 0 aromatic heterocycles. The summed E-state index contributed by atoms with van der Waals surface area (Å²) in [6.45, 7) is 10.5. The van der Waals surface area contributed by atoms with Gasteiger partial charge in [-0.2, -0.15) is 0 Å². The van der Waals surface area contributed by atoms with E-state index in [1.54, 1.807) is 5.57 Å². The number of carbonyl (C=O) groups excluding carboxylic acids is 1. The molecular weight excluding hydrogens is 514 g/mol. The van der Waals surface area contributed by atoms with Gasteiger partial charge in [-0.25, -0.2) is 4.79 Å². The maximum absolute atomic E-state index is 12.6. The number of hydrogen-bond acceptors (Lipinski definition) is 2. The van der Waals surface area contributed by atoms with Crippen molar-refractivity contribution >= 4 is 6.09 Å². The van der Waals surface area contributed by atoms with E-state index >= 15 is 0 Å². The second kappa shape index (κ2) is 14.4. The minimum atomic E-state index is -0.175. The van der Waals surface area contributed by atoms with E-state index in [4.69, 9.17) is 4.74 Å². The zero-order valence-electron chi connectivity index (χ0n) is 28.3. The third-order valence-corrected chi connectivity index (χ3v) is 13.6. The van der Waals surface area contributed by atoms with Crippen LogP contribution in [0.5, 0.6) is 0 Å². The van der Waals surface area contributed by atoms with Gasteiger partial charge in [0.05, 0.1) is 0 Å². The molecule has 4 fully saturated rings. The number of rotatable bonds is 17. The molecule has 0 aromatic carbocycles. The largest absolute Gasteiger partial charge is 0.446 e. The molecule has 0 aliphatic heterocycles. The van der Waals surface area contributed by atoms with Crippen LogP contribution in [0.15, 0.2) is 11.6 Å². The molecule has 42 heavy (non-hydrogen) atoms. The van der Waals surface area contributed by atoms with Crippen molar-refractivity contribution in [3.8, 4) is 0 Å². The van der Waals surface area contributed by atoms with E-state index in [9.17, 15) is 4.79 Å². The van der Waals surface area contributed by atoms with Gasteiger partial charge in [-0.05, 0) is 104 Å². The number of amides is 1. The van der Waals surface area contributed by atoms with Gasteiger partial charge in [0.2, 0.25) is 0 Å².